The summed E-state index contributed by atoms with van der Waals surface area (Å²) in [5.41, 5.74) is 1.54. The fraction of sp³-hybridized carbons (Fsp3) is 0.250. The van der Waals surface area contributed by atoms with Crippen LogP contribution in [0.2, 0.25) is 5.15 Å². The molecule has 0 spiro atoms. The summed E-state index contributed by atoms with van der Waals surface area (Å²) in [5, 5.41) is 4.67. The third kappa shape index (κ3) is 2.67. The van der Waals surface area contributed by atoms with Crippen LogP contribution >= 0.6 is 27.5 Å². The summed E-state index contributed by atoms with van der Waals surface area (Å²) in [6.45, 7) is 2.02. The summed E-state index contributed by atoms with van der Waals surface area (Å²) in [6.07, 6.45) is 0. The first kappa shape index (κ1) is 13.4. The minimum absolute atomic E-state index is 0.184. The predicted molar refractivity (Wildman–Crippen MR) is 71.4 cm³/mol. The van der Waals surface area contributed by atoms with E-state index in [0.29, 0.717) is 5.15 Å². The molecule has 18 heavy (non-hydrogen) atoms. The maximum atomic E-state index is 13.5. The van der Waals surface area contributed by atoms with E-state index in [1.54, 1.807) is 23.9 Å². The lowest BCUT2D eigenvalue weighted by Gasteiger charge is -2.07. The van der Waals surface area contributed by atoms with Gasteiger partial charge in [-0.15, -0.1) is 0 Å². The van der Waals surface area contributed by atoms with Gasteiger partial charge in [0.25, 0.3) is 0 Å². The molecule has 0 aliphatic rings. The van der Waals surface area contributed by atoms with Crippen molar-refractivity contribution in [3.63, 3.8) is 0 Å². The number of benzene rings is 1. The standard InChI is InChI=1S/C12H11BrClFN2O/c1-7-9(12(14)17(2)16-7)6-18-11-5-8(13)3-4-10(11)15/h3-5H,6H2,1-2H3. The second-order valence-corrected chi connectivity index (χ2v) is 5.12. The van der Waals surface area contributed by atoms with E-state index in [-0.39, 0.29) is 12.4 Å². The van der Waals surface area contributed by atoms with E-state index in [1.807, 2.05) is 6.92 Å². The average Bonchev–Trinajstić information content (AvgIpc) is 2.55. The largest absolute Gasteiger partial charge is 0.486 e. The predicted octanol–water partition coefficient (Wildman–Crippen LogP) is 3.86. The molecule has 0 atom stereocenters. The zero-order valence-electron chi connectivity index (χ0n) is 9.88. The molecule has 0 N–H and O–H groups in total. The highest BCUT2D eigenvalue weighted by atomic mass is 79.9. The quantitative estimate of drug-likeness (QED) is 0.853. The number of rotatable bonds is 3. The minimum atomic E-state index is -0.407. The molecule has 0 fully saturated rings. The van der Waals surface area contributed by atoms with Crippen molar-refractivity contribution in [1.29, 1.82) is 0 Å². The van der Waals surface area contributed by atoms with Crippen molar-refractivity contribution in [2.24, 2.45) is 7.05 Å². The van der Waals surface area contributed by atoms with E-state index in [4.69, 9.17) is 16.3 Å². The lowest BCUT2D eigenvalue weighted by molar-refractivity contribution is 0.289. The van der Waals surface area contributed by atoms with Crippen LogP contribution in [-0.2, 0) is 13.7 Å². The molecule has 0 amide bonds. The number of ether oxygens (including phenoxy) is 1. The van der Waals surface area contributed by atoms with Crippen LogP contribution in [0.15, 0.2) is 22.7 Å². The summed E-state index contributed by atoms with van der Waals surface area (Å²) in [4.78, 5) is 0. The number of halogens is 3. The smallest absolute Gasteiger partial charge is 0.165 e. The molecule has 3 nitrogen and oxygen atoms in total. The molecule has 6 heteroatoms. The lowest BCUT2D eigenvalue weighted by atomic mass is 10.3. The van der Waals surface area contributed by atoms with Gasteiger partial charge in [0, 0.05) is 17.1 Å². The second kappa shape index (κ2) is 5.28. The van der Waals surface area contributed by atoms with Gasteiger partial charge in [0.05, 0.1) is 5.69 Å². The highest BCUT2D eigenvalue weighted by Crippen LogP contribution is 2.25. The first-order chi connectivity index (χ1) is 8.49. The monoisotopic (exact) mass is 332 g/mol. The second-order valence-electron chi connectivity index (χ2n) is 3.84. The molecule has 0 aliphatic carbocycles. The first-order valence-corrected chi connectivity index (χ1v) is 6.42. The van der Waals surface area contributed by atoms with Gasteiger partial charge in [-0.3, -0.25) is 4.68 Å². The SMILES string of the molecule is Cc1nn(C)c(Cl)c1COc1cc(Br)ccc1F. The summed E-state index contributed by atoms with van der Waals surface area (Å²) >= 11 is 9.34. The topological polar surface area (TPSA) is 27.1 Å². The van der Waals surface area contributed by atoms with Gasteiger partial charge >= 0.3 is 0 Å². The molecule has 0 unspecified atom stereocenters. The summed E-state index contributed by atoms with van der Waals surface area (Å²) in [6, 6.07) is 4.54. The molecule has 2 aromatic rings. The Balaban J connectivity index is 2.19. The van der Waals surface area contributed by atoms with Crippen molar-refractivity contribution in [3.8, 4) is 5.75 Å². The van der Waals surface area contributed by atoms with Crippen LogP contribution in [0.1, 0.15) is 11.3 Å². The van der Waals surface area contributed by atoms with E-state index < -0.39 is 5.82 Å². The van der Waals surface area contributed by atoms with Gasteiger partial charge < -0.3 is 4.74 Å². The molecule has 0 saturated carbocycles. The van der Waals surface area contributed by atoms with Crippen molar-refractivity contribution < 1.29 is 9.13 Å². The Bertz CT molecular complexity index is 586. The number of nitrogens with zero attached hydrogens (tertiary/aromatic N) is 2. The van der Waals surface area contributed by atoms with E-state index in [1.165, 1.54) is 6.07 Å². The number of hydrogen-bond acceptors (Lipinski definition) is 2. The van der Waals surface area contributed by atoms with Gasteiger partial charge in [-0.2, -0.15) is 5.10 Å². The Hall–Kier alpha value is -1.07. The Labute approximate surface area is 118 Å². The highest BCUT2D eigenvalue weighted by Gasteiger charge is 2.13. The van der Waals surface area contributed by atoms with Gasteiger partial charge in [-0.1, -0.05) is 27.5 Å². The van der Waals surface area contributed by atoms with Crippen LogP contribution in [-0.4, -0.2) is 9.78 Å². The molecular formula is C12H11BrClFN2O. The van der Waals surface area contributed by atoms with Crippen molar-refractivity contribution in [2.45, 2.75) is 13.5 Å². The fourth-order valence-electron chi connectivity index (χ4n) is 1.58. The van der Waals surface area contributed by atoms with E-state index >= 15 is 0 Å². The average molecular weight is 334 g/mol. The summed E-state index contributed by atoms with van der Waals surface area (Å²) < 4.78 is 21.2. The van der Waals surface area contributed by atoms with Gasteiger partial charge in [-0.05, 0) is 25.1 Å². The van der Waals surface area contributed by atoms with Crippen LogP contribution < -0.4 is 4.74 Å². The Morgan fingerprint density at radius 3 is 2.83 bits per heavy atom. The maximum absolute atomic E-state index is 13.5. The van der Waals surface area contributed by atoms with E-state index in [9.17, 15) is 4.39 Å². The van der Waals surface area contributed by atoms with Crippen LogP contribution in [0.5, 0.6) is 5.75 Å². The fourth-order valence-corrected chi connectivity index (χ4v) is 2.14. The third-order valence-electron chi connectivity index (χ3n) is 2.54. The van der Waals surface area contributed by atoms with Crippen molar-refractivity contribution >= 4 is 27.5 Å². The van der Waals surface area contributed by atoms with Crippen molar-refractivity contribution in [3.05, 3.63) is 44.9 Å². The Morgan fingerprint density at radius 2 is 2.22 bits per heavy atom. The van der Waals surface area contributed by atoms with Gasteiger partial charge in [0.15, 0.2) is 11.6 Å². The Kier molecular flexibility index (Phi) is 3.92. The van der Waals surface area contributed by atoms with Gasteiger partial charge in [0.2, 0.25) is 0 Å². The third-order valence-corrected chi connectivity index (χ3v) is 3.50. The number of aromatic nitrogens is 2. The summed E-state index contributed by atoms with van der Waals surface area (Å²) in [5.74, 6) is -0.223. The number of aryl methyl sites for hydroxylation is 2. The van der Waals surface area contributed by atoms with Crippen LogP contribution in [0.3, 0.4) is 0 Å². The molecular weight excluding hydrogens is 322 g/mol. The van der Waals surface area contributed by atoms with Gasteiger partial charge in [-0.25, -0.2) is 4.39 Å². The molecule has 0 saturated heterocycles. The molecule has 2 rings (SSSR count). The zero-order chi connectivity index (χ0) is 13.3. The van der Waals surface area contributed by atoms with E-state index in [2.05, 4.69) is 21.0 Å². The minimum Gasteiger partial charge on any atom is -0.486 e. The van der Waals surface area contributed by atoms with Crippen LogP contribution in [0.25, 0.3) is 0 Å². The first-order valence-electron chi connectivity index (χ1n) is 5.25. The maximum Gasteiger partial charge on any atom is 0.165 e. The molecule has 0 aliphatic heterocycles. The van der Waals surface area contributed by atoms with Gasteiger partial charge in [0.1, 0.15) is 11.8 Å². The van der Waals surface area contributed by atoms with E-state index in [0.717, 1.165) is 15.7 Å². The normalized spacial score (nSPS) is 10.7. The summed E-state index contributed by atoms with van der Waals surface area (Å²) in [7, 11) is 1.75. The zero-order valence-corrected chi connectivity index (χ0v) is 12.2. The van der Waals surface area contributed by atoms with Crippen LogP contribution in [0.4, 0.5) is 4.39 Å². The number of hydrogen-bond donors (Lipinski definition) is 0. The highest BCUT2D eigenvalue weighted by molar-refractivity contribution is 9.10. The Morgan fingerprint density at radius 1 is 1.50 bits per heavy atom. The molecule has 0 radical (unpaired) electrons. The molecule has 0 bridgehead atoms. The van der Waals surface area contributed by atoms with Crippen LogP contribution in [0, 0.1) is 12.7 Å². The van der Waals surface area contributed by atoms with Crippen molar-refractivity contribution in [1.82, 2.24) is 9.78 Å². The molecule has 1 heterocycles. The molecule has 1 aromatic carbocycles. The molecule has 1 aromatic heterocycles. The molecule has 96 valence electrons. The van der Waals surface area contributed by atoms with Crippen molar-refractivity contribution in [2.75, 3.05) is 0 Å². The lowest BCUT2D eigenvalue weighted by Crippen LogP contribution is -1.99.